The first-order valence-electron chi connectivity index (χ1n) is 7.22. The van der Waals surface area contributed by atoms with Crippen LogP contribution in [0.5, 0.6) is 5.75 Å². The van der Waals surface area contributed by atoms with Crippen molar-refractivity contribution >= 4 is 11.9 Å². The van der Waals surface area contributed by atoms with E-state index in [-0.39, 0.29) is 5.91 Å². The molecule has 2 N–H and O–H groups in total. The molecule has 0 aliphatic heterocycles. The average Bonchev–Trinajstić information content (AvgIpc) is 2.56. The normalized spacial score (nSPS) is 13.1. The Kier molecular flexibility index (Phi) is 7.39. The van der Waals surface area contributed by atoms with Gasteiger partial charge in [-0.25, -0.2) is 4.79 Å². The van der Waals surface area contributed by atoms with Crippen LogP contribution >= 0.6 is 0 Å². The van der Waals surface area contributed by atoms with Gasteiger partial charge in [0.05, 0.1) is 14.2 Å². The number of carbonyl (C=O) groups is 2. The van der Waals surface area contributed by atoms with Crippen molar-refractivity contribution in [2.24, 2.45) is 0 Å². The summed E-state index contributed by atoms with van der Waals surface area (Å²) in [5.74, 6) is -0.337. The fourth-order valence-corrected chi connectivity index (χ4v) is 1.97. The van der Waals surface area contributed by atoms with Crippen molar-refractivity contribution in [1.82, 2.24) is 5.32 Å². The number of ether oxygens (including phenoxy) is 2. The van der Waals surface area contributed by atoms with Crippen LogP contribution in [0.1, 0.15) is 37.9 Å². The molecule has 22 heavy (non-hydrogen) atoms. The van der Waals surface area contributed by atoms with E-state index in [2.05, 4.69) is 10.1 Å². The van der Waals surface area contributed by atoms with Crippen LogP contribution in [0.3, 0.4) is 0 Å². The van der Waals surface area contributed by atoms with Gasteiger partial charge in [0.1, 0.15) is 11.9 Å². The second kappa shape index (κ2) is 9.04. The Hall–Kier alpha value is -2.08. The number of aliphatic hydroxyl groups is 1. The molecule has 2 atom stereocenters. The molecule has 122 valence electrons. The Labute approximate surface area is 130 Å². The average molecular weight is 309 g/mol. The molecule has 0 saturated heterocycles. The van der Waals surface area contributed by atoms with Crippen molar-refractivity contribution in [3.63, 3.8) is 0 Å². The highest BCUT2D eigenvalue weighted by molar-refractivity contribution is 5.85. The quantitative estimate of drug-likeness (QED) is 0.712. The van der Waals surface area contributed by atoms with Gasteiger partial charge in [0, 0.05) is 6.42 Å². The molecule has 6 nitrogen and oxygen atoms in total. The number of unbranched alkanes of at least 4 members (excludes halogenated alkanes) is 1. The third-order valence-corrected chi connectivity index (χ3v) is 3.30. The van der Waals surface area contributed by atoms with Crippen molar-refractivity contribution in [3.8, 4) is 5.75 Å². The molecule has 1 amide bonds. The van der Waals surface area contributed by atoms with E-state index in [4.69, 9.17) is 4.74 Å². The summed E-state index contributed by atoms with van der Waals surface area (Å²) < 4.78 is 9.71. The summed E-state index contributed by atoms with van der Waals surface area (Å²) in [4.78, 5) is 23.7. The summed E-state index contributed by atoms with van der Waals surface area (Å²) in [5, 5.41) is 12.9. The first kappa shape index (κ1) is 18.0. The fraction of sp³-hybridized carbons (Fsp3) is 0.500. The second-order valence-corrected chi connectivity index (χ2v) is 4.89. The number of rotatable bonds is 8. The number of benzene rings is 1. The lowest BCUT2D eigenvalue weighted by Gasteiger charge is -2.22. The van der Waals surface area contributed by atoms with Crippen molar-refractivity contribution in [3.05, 3.63) is 29.8 Å². The van der Waals surface area contributed by atoms with Crippen LogP contribution in [-0.2, 0) is 14.3 Å². The predicted molar refractivity (Wildman–Crippen MR) is 81.4 cm³/mol. The monoisotopic (exact) mass is 309 g/mol. The molecule has 0 aliphatic carbocycles. The smallest absolute Gasteiger partial charge is 0.331 e. The number of nitrogens with one attached hydrogen (secondary N) is 1. The van der Waals surface area contributed by atoms with Gasteiger partial charge in [-0.05, 0) is 24.1 Å². The van der Waals surface area contributed by atoms with E-state index in [1.807, 2.05) is 6.92 Å². The lowest BCUT2D eigenvalue weighted by molar-refractivity contribution is -0.148. The van der Waals surface area contributed by atoms with Crippen LogP contribution in [0.4, 0.5) is 0 Å². The molecule has 1 aromatic rings. The predicted octanol–water partition coefficient (Wildman–Crippen LogP) is 1.58. The Morgan fingerprint density at radius 3 is 2.36 bits per heavy atom. The summed E-state index contributed by atoms with van der Waals surface area (Å²) in [5.41, 5.74) is 0.493. The molecule has 0 heterocycles. The van der Waals surface area contributed by atoms with Crippen molar-refractivity contribution in [2.45, 2.75) is 38.3 Å². The molecule has 0 fully saturated rings. The summed E-state index contributed by atoms with van der Waals surface area (Å²) in [6.45, 7) is 1.97. The van der Waals surface area contributed by atoms with E-state index in [1.165, 1.54) is 14.2 Å². The highest BCUT2D eigenvalue weighted by Crippen LogP contribution is 2.21. The van der Waals surface area contributed by atoms with Crippen LogP contribution in [0, 0.1) is 0 Å². The number of methoxy groups -OCH3 is 2. The van der Waals surface area contributed by atoms with Gasteiger partial charge in [0.25, 0.3) is 0 Å². The maximum Gasteiger partial charge on any atom is 0.331 e. The first-order valence-corrected chi connectivity index (χ1v) is 7.22. The summed E-state index contributed by atoms with van der Waals surface area (Å²) in [6.07, 6.45) is 0.707. The zero-order valence-electron chi connectivity index (χ0n) is 13.2. The summed E-state index contributed by atoms with van der Waals surface area (Å²) in [6, 6.07) is 5.48. The lowest BCUT2D eigenvalue weighted by Crippen LogP contribution is -2.45. The largest absolute Gasteiger partial charge is 0.497 e. The Morgan fingerprint density at radius 1 is 1.23 bits per heavy atom. The standard InChI is InChI=1S/C16H23NO5/c1-4-5-6-13(18)17-14(16(20)22-3)15(19)11-7-9-12(21-2)10-8-11/h7-10,14-15,19H,4-6H2,1-3H3,(H,17,18). The minimum atomic E-state index is -1.19. The summed E-state index contributed by atoms with van der Waals surface area (Å²) >= 11 is 0. The zero-order valence-corrected chi connectivity index (χ0v) is 13.2. The minimum Gasteiger partial charge on any atom is -0.497 e. The van der Waals surface area contributed by atoms with Gasteiger partial charge in [-0.3, -0.25) is 4.79 Å². The Morgan fingerprint density at radius 2 is 1.86 bits per heavy atom. The first-order chi connectivity index (χ1) is 10.5. The molecular weight excluding hydrogens is 286 g/mol. The van der Waals surface area contributed by atoms with Gasteiger partial charge in [-0.15, -0.1) is 0 Å². The third kappa shape index (κ3) is 5.04. The van der Waals surface area contributed by atoms with E-state index in [1.54, 1.807) is 24.3 Å². The van der Waals surface area contributed by atoms with Crippen LogP contribution in [0.2, 0.25) is 0 Å². The molecule has 1 aromatic carbocycles. The zero-order chi connectivity index (χ0) is 16.5. The third-order valence-electron chi connectivity index (χ3n) is 3.30. The van der Waals surface area contributed by atoms with Gasteiger partial charge >= 0.3 is 5.97 Å². The number of hydrogen-bond acceptors (Lipinski definition) is 5. The van der Waals surface area contributed by atoms with Crippen molar-refractivity contribution in [1.29, 1.82) is 0 Å². The van der Waals surface area contributed by atoms with Gasteiger partial charge in [-0.1, -0.05) is 25.5 Å². The number of aliphatic hydroxyl groups excluding tert-OH is 1. The van der Waals surface area contributed by atoms with E-state index in [9.17, 15) is 14.7 Å². The highest BCUT2D eigenvalue weighted by Gasteiger charge is 2.30. The molecule has 0 aromatic heterocycles. The number of carbonyl (C=O) groups excluding carboxylic acids is 2. The van der Waals surface area contributed by atoms with E-state index in [0.717, 1.165) is 12.8 Å². The van der Waals surface area contributed by atoms with Crippen LogP contribution in [0.15, 0.2) is 24.3 Å². The Bertz CT molecular complexity index is 486. The van der Waals surface area contributed by atoms with Crippen LogP contribution in [-0.4, -0.2) is 37.2 Å². The van der Waals surface area contributed by atoms with Crippen LogP contribution < -0.4 is 10.1 Å². The maximum absolute atomic E-state index is 11.8. The molecule has 0 aliphatic rings. The van der Waals surface area contributed by atoms with Crippen LogP contribution in [0.25, 0.3) is 0 Å². The lowest BCUT2D eigenvalue weighted by atomic mass is 10.0. The molecule has 1 rings (SSSR count). The van der Waals surface area contributed by atoms with E-state index in [0.29, 0.717) is 17.7 Å². The number of hydrogen-bond donors (Lipinski definition) is 2. The van der Waals surface area contributed by atoms with E-state index >= 15 is 0 Å². The SMILES string of the molecule is CCCCC(=O)NC(C(=O)OC)C(O)c1ccc(OC)cc1. The topological polar surface area (TPSA) is 84.9 Å². The Balaban J connectivity index is 2.85. The number of esters is 1. The molecular formula is C16H23NO5. The number of amides is 1. The molecule has 2 unspecified atom stereocenters. The molecule has 0 spiro atoms. The molecule has 0 saturated carbocycles. The molecule has 6 heteroatoms. The minimum absolute atomic E-state index is 0.287. The van der Waals surface area contributed by atoms with Gasteiger partial charge in [0.15, 0.2) is 6.04 Å². The van der Waals surface area contributed by atoms with Crippen molar-refractivity contribution < 1.29 is 24.2 Å². The fourth-order valence-electron chi connectivity index (χ4n) is 1.97. The van der Waals surface area contributed by atoms with Gasteiger partial charge < -0.3 is 19.9 Å². The maximum atomic E-state index is 11.8. The van der Waals surface area contributed by atoms with Gasteiger partial charge in [0.2, 0.25) is 5.91 Å². The van der Waals surface area contributed by atoms with Crippen molar-refractivity contribution in [2.75, 3.05) is 14.2 Å². The second-order valence-electron chi connectivity index (χ2n) is 4.89. The van der Waals surface area contributed by atoms with E-state index < -0.39 is 18.1 Å². The molecule has 0 radical (unpaired) electrons. The van der Waals surface area contributed by atoms with Gasteiger partial charge in [-0.2, -0.15) is 0 Å². The highest BCUT2D eigenvalue weighted by atomic mass is 16.5. The molecule has 0 bridgehead atoms. The summed E-state index contributed by atoms with van der Waals surface area (Å²) in [7, 11) is 2.75.